The van der Waals surface area contributed by atoms with Crippen LogP contribution in [0, 0.1) is 11.8 Å². The zero-order valence-corrected chi connectivity index (χ0v) is 10.5. The van der Waals surface area contributed by atoms with E-state index in [2.05, 4.69) is 9.88 Å². The topological polar surface area (TPSA) is 62.5 Å². The van der Waals surface area contributed by atoms with E-state index < -0.39 is 0 Å². The SMILES string of the molecule is CN1C[C@@H]2CCN(c3ccncc3N)C[C@@H]2C1=O. The number of amides is 1. The van der Waals surface area contributed by atoms with Gasteiger partial charge >= 0.3 is 0 Å². The van der Waals surface area contributed by atoms with Gasteiger partial charge in [0.05, 0.1) is 23.5 Å². The molecule has 2 aliphatic heterocycles. The Labute approximate surface area is 107 Å². The van der Waals surface area contributed by atoms with Gasteiger partial charge in [0.1, 0.15) is 0 Å². The summed E-state index contributed by atoms with van der Waals surface area (Å²) in [4.78, 5) is 20.1. The van der Waals surface area contributed by atoms with Crippen LogP contribution in [-0.2, 0) is 4.79 Å². The first-order valence-corrected chi connectivity index (χ1v) is 6.36. The Kier molecular flexibility index (Phi) is 2.61. The van der Waals surface area contributed by atoms with Gasteiger partial charge in [-0.2, -0.15) is 0 Å². The molecule has 2 atom stereocenters. The van der Waals surface area contributed by atoms with Crippen LogP contribution in [0.25, 0.3) is 0 Å². The molecule has 0 saturated carbocycles. The minimum Gasteiger partial charge on any atom is -0.396 e. The molecule has 2 N–H and O–H groups in total. The smallest absolute Gasteiger partial charge is 0.227 e. The highest BCUT2D eigenvalue weighted by Gasteiger charge is 2.42. The number of hydrogen-bond donors (Lipinski definition) is 1. The highest BCUT2D eigenvalue weighted by Crippen LogP contribution is 2.34. The summed E-state index contributed by atoms with van der Waals surface area (Å²) in [5.41, 5.74) is 7.65. The molecule has 0 bridgehead atoms. The molecule has 3 rings (SSSR count). The molecule has 3 heterocycles. The lowest BCUT2D eigenvalue weighted by Crippen LogP contribution is -2.41. The van der Waals surface area contributed by atoms with Crippen molar-refractivity contribution in [2.45, 2.75) is 6.42 Å². The van der Waals surface area contributed by atoms with Crippen molar-refractivity contribution in [2.75, 3.05) is 37.3 Å². The molecule has 5 nitrogen and oxygen atoms in total. The number of rotatable bonds is 1. The van der Waals surface area contributed by atoms with Crippen molar-refractivity contribution in [1.82, 2.24) is 9.88 Å². The summed E-state index contributed by atoms with van der Waals surface area (Å²) in [6.07, 6.45) is 4.48. The van der Waals surface area contributed by atoms with E-state index in [1.165, 1.54) is 0 Å². The van der Waals surface area contributed by atoms with Crippen LogP contribution in [0.15, 0.2) is 18.5 Å². The zero-order valence-electron chi connectivity index (χ0n) is 10.5. The van der Waals surface area contributed by atoms with E-state index >= 15 is 0 Å². The van der Waals surface area contributed by atoms with Crippen LogP contribution in [0.5, 0.6) is 0 Å². The van der Waals surface area contributed by atoms with E-state index in [0.717, 1.165) is 31.7 Å². The standard InChI is InChI=1S/C13H18N4O/c1-16-7-9-3-5-17(8-10(9)13(16)18)12-2-4-15-6-11(12)14/h2,4,6,9-10H,3,5,7-8,14H2,1H3/t9-,10-/m0/s1. The second-order valence-corrected chi connectivity index (χ2v) is 5.25. The number of nitrogens with zero attached hydrogens (tertiary/aromatic N) is 3. The Balaban J connectivity index is 1.82. The number of nitrogens with two attached hydrogens (primary N) is 1. The Bertz CT molecular complexity index is 476. The number of likely N-dealkylation sites (tertiary alicyclic amines) is 1. The Morgan fingerprint density at radius 2 is 2.28 bits per heavy atom. The number of piperidine rings is 1. The highest BCUT2D eigenvalue weighted by atomic mass is 16.2. The van der Waals surface area contributed by atoms with Crippen LogP contribution in [0.1, 0.15) is 6.42 Å². The largest absolute Gasteiger partial charge is 0.396 e. The van der Waals surface area contributed by atoms with Gasteiger partial charge in [0, 0.05) is 32.9 Å². The molecule has 2 aliphatic rings. The molecule has 0 unspecified atom stereocenters. The van der Waals surface area contributed by atoms with Crippen molar-refractivity contribution in [1.29, 1.82) is 0 Å². The predicted molar refractivity (Wildman–Crippen MR) is 70.1 cm³/mol. The maximum absolute atomic E-state index is 12.1. The van der Waals surface area contributed by atoms with Gasteiger partial charge in [-0.05, 0) is 18.4 Å². The van der Waals surface area contributed by atoms with Crippen LogP contribution >= 0.6 is 0 Å². The summed E-state index contributed by atoms with van der Waals surface area (Å²) in [5.74, 6) is 0.926. The molecule has 18 heavy (non-hydrogen) atoms. The van der Waals surface area contributed by atoms with Crippen LogP contribution in [0.4, 0.5) is 11.4 Å². The summed E-state index contributed by atoms with van der Waals surface area (Å²) in [7, 11) is 1.89. The van der Waals surface area contributed by atoms with Crippen molar-refractivity contribution in [2.24, 2.45) is 11.8 Å². The molecule has 0 radical (unpaired) electrons. The minimum absolute atomic E-state index is 0.135. The van der Waals surface area contributed by atoms with Crippen LogP contribution in [0.3, 0.4) is 0 Å². The molecule has 0 spiro atoms. The van der Waals surface area contributed by atoms with E-state index in [-0.39, 0.29) is 11.8 Å². The van der Waals surface area contributed by atoms with E-state index in [0.29, 0.717) is 11.6 Å². The lowest BCUT2D eigenvalue weighted by Gasteiger charge is -2.35. The molecule has 1 aromatic heterocycles. The molecule has 96 valence electrons. The third kappa shape index (κ3) is 1.70. The molecule has 2 fully saturated rings. The first-order valence-electron chi connectivity index (χ1n) is 6.36. The summed E-state index contributed by atoms with van der Waals surface area (Å²) < 4.78 is 0. The van der Waals surface area contributed by atoms with E-state index in [1.54, 1.807) is 12.4 Å². The average molecular weight is 246 g/mol. The molecule has 2 saturated heterocycles. The molecule has 5 heteroatoms. The monoisotopic (exact) mass is 246 g/mol. The van der Waals surface area contributed by atoms with Crippen LogP contribution in [0.2, 0.25) is 0 Å². The number of fused-ring (bicyclic) bond motifs is 1. The molecule has 1 aromatic rings. The van der Waals surface area contributed by atoms with Gasteiger partial charge in [0.2, 0.25) is 5.91 Å². The third-order valence-electron chi connectivity index (χ3n) is 4.13. The van der Waals surface area contributed by atoms with Gasteiger partial charge in [0.15, 0.2) is 0 Å². The van der Waals surface area contributed by atoms with Gasteiger partial charge in [0.25, 0.3) is 0 Å². The summed E-state index contributed by atoms with van der Waals surface area (Å²) in [6, 6.07) is 1.93. The third-order valence-corrected chi connectivity index (χ3v) is 4.13. The van der Waals surface area contributed by atoms with Gasteiger partial charge in [-0.1, -0.05) is 0 Å². The lowest BCUT2D eigenvalue weighted by molar-refractivity contribution is -0.130. The fourth-order valence-electron chi connectivity index (χ4n) is 3.13. The summed E-state index contributed by atoms with van der Waals surface area (Å²) >= 11 is 0. The van der Waals surface area contributed by atoms with E-state index in [9.17, 15) is 4.79 Å². The molecule has 0 aromatic carbocycles. The first-order chi connectivity index (χ1) is 8.66. The Morgan fingerprint density at radius 3 is 3.06 bits per heavy atom. The summed E-state index contributed by atoms with van der Waals surface area (Å²) in [6.45, 7) is 2.65. The number of hydrogen-bond acceptors (Lipinski definition) is 4. The minimum atomic E-state index is 0.135. The van der Waals surface area contributed by atoms with Crippen molar-refractivity contribution in [3.63, 3.8) is 0 Å². The maximum Gasteiger partial charge on any atom is 0.227 e. The van der Waals surface area contributed by atoms with Crippen molar-refractivity contribution < 1.29 is 4.79 Å². The molecule has 0 aliphatic carbocycles. The van der Waals surface area contributed by atoms with Crippen molar-refractivity contribution in [3.8, 4) is 0 Å². The number of anilines is 2. The predicted octanol–water partition coefficient (Wildman–Crippen LogP) is 0.578. The zero-order chi connectivity index (χ0) is 12.7. The maximum atomic E-state index is 12.1. The number of carbonyl (C=O) groups excluding carboxylic acids is 1. The number of pyridine rings is 1. The quantitative estimate of drug-likeness (QED) is 0.787. The number of nitrogen functional groups attached to an aromatic ring is 1. The second kappa shape index (κ2) is 4.15. The molecular weight excluding hydrogens is 228 g/mol. The average Bonchev–Trinajstić information content (AvgIpc) is 2.66. The second-order valence-electron chi connectivity index (χ2n) is 5.25. The van der Waals surface area contributed by atoms with Gasteiger partial charge in [-0.15, -0.1) is 0 Å². The fraction of sp³-hybridized carbons (Fsp3) is 0.538. The Morgan fingerprint density at radius 1 is 1.44 bits per heavy atom. The van der Waals surface area contributed by atoms with Gasteiger partial charge in [-0.3, -0.25) is 9.78 Å². The van der Waals surface area contributed by atoms with Crippen LogP contribution < -0.4 is 10.6 Å². The van der Waals surface area contributed by atoms with E-state index in [1.807, 2.05) is 18.0 Å². The Hall–Kier alpha value is -1.78. The highest BCUT2D eigenvalue weighted by molar-refractivity contribution is 5.82. The number of carbonyl (C=O) groups is 1. The van der Waals surface area contributed by atoms with Gasteiger partial charge in [-0.25, -0.2) is 0 Å². The van der Waals surface area contributed by atoms with Crippen LogP contribution in [-0.4, -0.2) is 42.5 Å². The molecular formula is C13H18N4O. The van der Waals surface area contributed by atoms with Crippen molar-refractivity contribution >= 4 is 17.3 Å². The van der Waals surface area contributed by atoms with Crippen molar-refractivity contribution in [3.05, 3.63) is 18.5 Å². The van der Waals surface area contributed by atoms with Gasteiger partial charge < -0.3 is 15.5 Å². The molecule has 1 amide bonds. The normalized spacial score (nSPS) is 27.5. The summed E-state index contributed by atoms with van der Waals surface area (Å²) in [5, 5.41) is 0. The first kappa shape index (κ1) is 11.3. The number of aromatic nitrogens is 1. The lowest BCUT2D eigenvalue weighted by atomic mass is 9.88. The van der Waals surface area contributed by atoms with E-state index in [4.69, 9.17) is 5.73 Å². The fourth-order valence-corrected chi connectivity index (χ4v) is 3.13.